The van der Waals surface area contributed by atoms with Crippen LogP contribution in [-0.4, -0.2) is 19.9 Å². The van der Waals surface area contributed by atoms with Crippen molar-refractivity contribution >= 4 is 66.6 Å². The van der Waals surface area contributed by atoms with Crippen LogP contribution in [0.5, 0.6) is 0 Å². The van der Waals surface area contributed by atoms with E-state index in [9.17, 15) is 13.2 Å². The van der Waals surface area contributed by atoms with E-state index < -0.39 is 11.9 Å². The van der Waals surface area contributed by atoms with Crippen molar-refractivity contribution < 1.29 is 13.2 Å². The molecule has 2 N–H and O–H groups in total. The van der Waals surface area contributed by atoms with Crippen LogP contribution in [0.1, 0.15) is 11.3 Å². The molecule has 148 valence electrons. The number of nitrogens with one attached hydrogen (secondary N) is 2. The van der Waals surface area contributed by atoms with E-state index >= 15 is 0 Å². The van der Waals surface area contributed by atoms with Crippen molar-refractivity contribution in [2.24, 2.45) is 0 Å². The van der Waals surface area contributed by atoms with Gasteiger partial charge >= 0.3 is 6.18 Å². The zero-order valence-corrected chi connectivity index (χ0v) is 17.7. The van der Waals surface area contributed by atoms with Crippen molar-refractivity contribution in [3.05, 3.63) is 57.7 Å². The van der Waals surface area contributed by atoms with Crippen LogP contribution in [-0.2, 0) is 6.18 Å². The summed E-state index contributed by atoms with van der Waals surface area (Å²) in [7, 11) is 0. The summed E-state index contributed by atoms with van der Waals surface area (Å²) >= 11 is 3.61. The van der Waals surface area contributed by atoms with Gasteiger partial charge in [-0.25, -0.2) is 19.9 Å². The topological polar surface area (TPSA) is 75.6 Å². The Morgan fingerprint density at radius 2 is 1.86 bits per heavy atom. The van der Waals surface area contributed by atoms with Crippen molar-refractivity contribution in [2.45, 2.75) is 13.1 Å². The van der Waals surface area contributed by atoms with Gasteiger partial charge in [-0.05, 0) is 53.3 Å². The van der Waals surface area contributed by atoms with E-state index in [-0.39, 0.29) is 0 Å². The fraction of sp³-hybridized carbons (Fsp3) is 0.111. The average molecular weight is 528 g/mol. The molecule has 4 aromatic rings. The number of aromatic nitrogens is 4. The van der Waals surface area contributed by atoms with Crippen LogP contribution in [0.15, 0.2) is 42.9 Å². The number of rotatable bonds is 4. The number of nitrogens with zero attached hydrogens (tertiary/aromatic N) is 4. The molecule has 0 bridgehead atoms. The first-order valence-corrected chi connectivity index (χ1v) is 10.1. The Hall–Kier alpha value is -2.54. The Balaban J connectivity index is 1.63. The highest BCUT2D eigenvalue weighted by atomic mass is 127. The Labute approximate surface area is 180 Å². The van der Waals surface area contributed by atoms with Gasteiger partial charge in [-0.1, -0.05) is 23.5 Å². The van der Waals surface area contributed by atoms with Gasteiger partial charge in [0.1, 0.15) is 17.5 Å². The van der Waals surface area contributed by atoms with Crippen molar-refractivity contribution in [3.63, 3.8) is 0 Å². The van der Waals surface area contributed by atoms with E-state index in [1.165, 1.54) is 23.7 Å². The third kappa shape index (κ3) is 4.24. The Morgan fingerprint density at radius 1 is 1.03 bits per heavy atom. The van der Waals surface area contributed by atoms with Gasteiger partial charge in [0.2, 0.25) is 0 Å². The summed E-state index contributed by atoms with van der Waals surface area (Å²) in [6.45, 7) is 2.00. The largest absolute Gasteiger partial charge is 0.433 e. The molecule has 0 atom stereocenters. The summed E-state index contributed by atoms with van der Waals surface area (Å²) in [6, 6.07) is 8.18. The zero-order chi connectivity index (χ0) is 20.6. The molecule has 3 heterocycles. The van der Waals surface area contributed by atoms with Crippen molar-refractivity contribution in [3.8, 4) is 0 Å². The fourth-order valence-corrected chi connectivity index (χ4v) is 4.15. The molecule has 0 aliphatic heterocycles. The second-order valence-corrected chi connectivity index (χ2v) is 8.15. The normalized spacial score (nSPS) is 11.6. The smallest absolute Gasteiger partial charge is 0.337 e. The molecule has 29 heavy (non-hydrogen) atoms. The molecule has 3 aromatic heterocycles. The van der Waals surface area contributed by atoms with Crippen molar-refractivity contribution in [1.29, 1.82) is 0 Å². The van der Waals surface area contributed by atoms with Gasteiger partial charge in [0.05, 0.1) is 17.6 Å². The molecular formula is C18H12F3IN6S. The Kier molecular flexibility index (Phi) is 5.25. The van der Waals surface area contributed by atoms with Crippen molar-refractivity contribution in [1.82, 2.24) is 19.9 Å². The highest BCUT2D eigenvalue weighted by Gasteiger charge is 2.32. The predicted molar refractivity (Wildman–Crippen MR) is 115 cm³/mol. The summed E-state index contributed by atoms with van der Waals surface area (Å²) in [5.74, 6) is 0.389. The molecule has 0 fully saturated rings. The van der Waals surface area contributed by atoms with Gasteiger partial charge < -0.3 is 10.6 Å². The number of aryl methyl sites for hydroxylation is 1. The number of anilines is 4. The molecule has 0 saturated carbocycles. The number of para-hydroxylation sites is 1. The van der Waals surface area contributed by atoms with Gasteiger partial charge in [-0.3, -0.25) is 0 Å². The minimum absolute atomic E-state index is 0.369. The molecule has 0 unspecified atom stereocenters. The number of pyridine rings is 1. The monoisotopic (exact) mass is 528 g/mol. The number of thiazole rings is 1. The molecule has 11 heteroatoms. The number of alkyl halides is 3. The molecular weight excluding hydrogens is 516 g/mol. The lowest BCUT2D eigenvalue weighted by Gasteiger charge is -2.09. The van der Waals surface area contributed by atoms with E-state index in [2.05, 4.69) is 53.2 Å². The van der Waals surface area contributed by atoms with Crippen LogP contribution < -0.4 is 10.6 Å². The number of halogens is 4. The van der Waals surface area contributed by atoms with Crippen molar-refractivity contribution in [2.75, 3.05) is 10.6 Å². The minimum atomic E-state index is -4.48. The van der Waals surface area contributed by atoms with Gasteiger partial charge in [0, 0.05) is 3.57 Å². The second-order valence-electron chi connectivity index (χ2n) is 6.01. The summed E-state index contributed by atoms with van der Waals surface area (Å²) in [5, 5.41) is 6.91. The maximum absolute atomic E-state index is 12.7. The lowest BCUT2D eigenvalue weighted by atomic mass is 10.2. The van der Waals surface area contributed by atoms with Crippen LogP contribution in [0, 0.1) is 10.5 Å². The lowest BCUT2D eigenvalue weighted by Crippen LogP contribution is -2.07. The molecule has 0 radical (unpaired) electrons. The first-order valence-electron chi connectivity index (χ1n) is 8.25. The Morgan fingerprint density at radius 3 is 2.55 bits per heavy atom. The molecule has 1 aromatic carbocycles. The minimum Gasteiger partial charge on any atom is -0.337 e. The summed E-state index contributed by atoms with van der Waals surface area (Å²) < 4.78 is 39.1. The van der Waals surface area contributed by atoms with Crippen LogP contribution in [0.25, 0.3) is 10.3 Å². The maximum atomic E-state index is 12.7. The van der Waals surface area contributed by atoms with Crippen LogP contribution in [0.4, 0.5) is 35.5 Å². The number of fused-ring (bicyclic) bond motifs is 1. The second kappa shape index (κ2) is 7.71. The van der Waals surface area contributed by atoms with E-state index in [0.717, 1.165) is 27.1 Å². The summed E-state index contributed by atoms with van der Waals surface area (Å²) in [4.78, 5) is 17.1. The first-order chi connectivity index (χ1) is 13.8. The van der Waals surface area contributed by atoms with Gasteiger partial charge in [-0.15, -0.1) is 0 Å². The van der Waals surface area contributed by atoms with Crippen LogP contribution in [0.2, 0.25) is 0 Å². The van der Waals surface area contributed by atoms with E-state index in [4.69, 9.17) is 0 Å². The Bertz CT molecular complexity index is 1160. The molecule has 0 aliphatic rings. The van der Waals surface area contributed by atoms with E-state index in [1.54, 1.807) is 0 Å². The third-order valence-electron chi connectivity index (χ3n) is 3.97. The standard InChI is InChI=1S/C18H12F3IN6S/c1-9-3-2-4-11(22)13(9)27-17-28-14-15(24-8-25-16(14)29-17)26-10-5-6-12(23-7-10)18(19,20)21/h2-8H,1H3,(H,27,28)(H,24,25,26). The molecule has 6 nitrogen and oxygen atoms in total. The maximum Gasteiger partial charge on any atom is 0.433 e. The van der Waals surface area contributed by atoms with Gasteiger partial charge in [-0.2, -0.15) is 13.2 Å². The SMILES string of the molecule is Cc1cccc(I)c1Nc1nc2c(Nc3ccc(C(F)(F)F)nc3)ncnc2s1. The number of hydrogen-bond donors (Lipinski definition) is 2. The number of benzene rings is 1. The lowest BCUT2D eigenvalue weighted by molar-refractivity contribution is -0.141. The van der Waals surface area contributed by atoms with Crippen LogP contribution in [0.3, 0.4) is 0 Å². The highest BCUT2D eigenvalue weighted by molar-refractivity contribution is 14.1. The molecule has 0 saturated heterocycles. The van der Waals surface area contributed by atoms with E-state index in [1.807, 2.05) is 25.1 Å². The molecule has 0 amide bonds. The first kappa shape index (κ1) is 19.8. The zero-order valence-electron chi connectivity index (χ0n) is 14.8. The van der Waals surface area contributed by atoms with E-state index in [0.29, 0.717) is 27.0 Å². The molecule has 0 aliphatic carbocycles. The summed E-state index contributed by atoms with van der Waals surface area (Å²) in [5.41, 5.74) is 1.97. The predicted octanol–water partition coefficient (Wildman–Crippen LogP) is 5.90. The van der Waals surface area contributed by atoms with Crippen LogP contribution >= 0.6 is 33.9 Å². The highest BCUT2D eigenvalue weighted by Crippen LogP contribution is 2.34. The molecule has 4 rings (SSSR count). The van der Waals surface area contributed by atoms with Gasteiger partial charge in [0.15, 0.2) is 15.8 Å². The van der Waals surface area contributed by atoms with Gasteiger partial charge in [0.25, 0.3) is 0 Å². The summed E-state index contributed by atoms with van der Waals surface area (Å²) in [6.07, 6.45) is -2.00. The number of hydrogen-bond acceptors (Lipinski definition) is 7. The molecule has 0 spiro atoms. The quantitative estimate of drug-likeness (QED) is 0.322. The fourth-order valence-electron chi connectivity index (χ4n) is 2.57. The average Bonchev–Trinajstić information content (AvgIpc) is 3.08. The third-order valence-corrected chi connectivity index (χ3v) is 5.74.